The average Bonchev–Trinajstić information content (AvgIpc) is 2.95. The van der Waals surface area contributed by atoms with Crippen LogP contribution in [0.4, 0.5) is 5.69 Å². The van der Waals surface area contributed by atoms with E-state index in [1.54, 1.807) is 16.4 Å². The van der Waals surface area contributed by atoms with Crippen molar-refractivity contribution in [3.63, 3.8) is 0 Å². The Morgan fingerprint density at radius 2 is 2.15 bits per heavy atom. The lowest BCUT2D eigenvalue weighted by Crippen LogP contribution is -2.25. The molecule has 2 heterocycles. The van der Waals surface area contributed by atoms with Crippen LogP contribution in [0.2, 0.25) is 0 Å². The van der Waals surface area contributed by atoms with Crippen molar-refractivity contribution >= 4 is 23.4 Å². The highest BCUT2D eigenvalue weighted by Gasteiger charge is 2.28. The molecular weight excluding hydrogens is 270 g/mol. The maximum absolute atomic E-state index is 12.4. The van der Waals surface area contributed by atoms with E-state index in [0.717, 1.165) is 23.5 Å². The molecule has 0 saturated heterocycles. The van der Waals surface area contributed by atoms with Gasteiger partial charge in [0.2, 0.25) is 5.91 Å². The molecule has 104 valence electrons. The zero-order valence-electron chi connectivity index (χ0n) is 11.8. The predicted octanol–water partition coefficient (Wildman–Crippen LogP) is 2.69. The summed E-state index contributed by atoms with van der Waals surface area (Å²) in [6.45, 7) is 3.88. The first-order chi connectivity index (χ1) is 9.56. The average molecular weight is 287 g/mol. The molecule has 1 aliphatic rings. The molecule has 20 heavy (non-hydrogen) atoms. The maximum Gasteiger partial charge on any atom is 0.238 e. The highest BCUT2D eigenvalue weighted by atomic mass is 32.2. The van der Waals surface area contributed by atoms with Gasteiger partial charge in [0.05, 0.1) is 22.3 Å². The highest BCUT2D eigenvalue weighted by molar-refractivity contribution is 8.01. The van der Waals surface area contributed by atoms with Gasteiger partial charge in [-0.15, -0.1) is 11.8 Å². The third-order valence-corrected chi connectivity index (χ3v) is 5.01. The second-order valence-electron chi connectivity index (χ2n) is 5.08. The summed E-state index contributed by atoms with van der Waals surface area (Å²) < 4.78 is 1.79. The van der Waals surface area contributed by atoms with Crippen LogP contribution >= 0.6 is 11.8 Å². The number of anilines is 1. The Hall–Kier alpha value is -1.75. The van der Waals surface area contributed by atoms with Crippen molar-refractivity contribution in [3.8, 4) is 0 Å². The number of aromatic nitrogens is 2. The molecule has 1 aliphatic heterocycles. The number of amides is 1. The number of carbonyl (C=O) groups excluding carboxylic acids is 1. The lowest BCUT2D eigenvalue weighted by Gasteiger charge is -2.10. The molecule has 1 atom stereocenters. The summed E-state index contributed by atoms with van der Waals surface area (Å²) in [7, 11) is 1.89. The van der Waals surface area contributed by atoms with Gasteiger partial charge < -0.3 is 5.32 Å². The Bertz CT molecular complexity index is 653. The molecule has 1 aromatic heterocycles. The Balaban J connectivity index is 1.76. The van der Waals surface area contributed by atoms with Gasteiger partial charge in [0.15, 0.2) is 0 Å². The maximum atomic E-state index is 12.4. The molecule has 1 N–H and O–H groups in total. The van der Waals surface area contributed by atoms with E-state index in [1.807, 2.05) is 33.0 Å². The molecular formula is C15H17N3OS. The van der Waals surface area contributed by atoms with Crippen molar-refractivity contribution in [1.29, 1.82) is 0 Å². The molecule has 1 amide bonds. The van der Waals surface area contributed by atoms with Gasteiger partial charge in [0, 0.05) is 11.9 Å². The van der Waals surface area contributed by atoms with E-state index in [2.05, 4.69) is 22.5 Å². The number of fused-ring (bicyclic) bond motifs is 1. The Morgan fingerprint density at radius 1 is 1.40 bits per heavy atom. The van der Waals surface area contributed by atoms with E-state index >= 15 is 0 Å². The van der Waals surface area contributed by atoms with Gasteiger partial charge in [0.1, 0.15) is 0 Å². The SMILES string of the molecule is Cc1nn(C)c(C)c1NC(=O)C1Cc2ccccc2S1. The summed E-state index contributed by atoms with van der Waals surface area (Å²) in [6, 6.07) is 8.21. The quantitative estimate of drug-likeness (QED) is 0.924. The minimum absolute atomic E-state index is 0.0496. The van der Waals surface area contributed by atoms with Gasteiger partial charge >= 0.3 is 0 Å². The summed E-state index contributed by atoms with van der Waals surface area (Å²) in [5.74, 6) is 0.0606. The fraction of sp³-hybridized carbons (Fsp3) is 0.333. The lowest BCUT2D eigenvalue weighted by molar-refractivity contribution is -0.115. The zero-order chi connectivity index (χ0) is 14.3. The molecule has 0 bridgehead atoms. The van der Waals surface area contributed by atoms with Gasteiger partial charge in [-0.3, -0.25) is 9.48 Å². The van der Waals surface area contributed by atoms with Crippen LogP contribution in [0.1, 0.15) is 17.0 Å². The van der Waals surface area contributed by atoms with Crippen LogP contribution in [-0.2, 0) is 18.3 Å². The van der Waals surface area contributed by atoms with Crippen molar-refractivity contribution in [2.45, 2.75) is 30.4 Å². The van der Waals surface area contributed by atoms with Crippen molar-refractivity contribution < 1.29 is 4.79 Å². The van der Waals surface area contributed by atoms with Crippen molar-refractivity contribution in [1.82, 2.24) is 9.78 Å². The first-order valence-corrected chi connectivity index (χ1v) is 7.50. The molecule has 1 unspecified atom stereocenters. The number of hydrogen-bond donors (Lipinski definition) is 1. The Morgan fingerprint density at radius 3 is 2.80 bits per heavy atom. The summed E-state index contributed by atoms with van der Waals surface area (Å²) in [5, 5.41) is 7.31. The minimum atomic E-state index is -0.0496. The topological polar surface area (TPSA) is 46.9 Å². The number of aryl methyl sites for hydroxylation is 2. The van der Waals surface area contributed by atoms with Gasteiger partial charge in [-0.1, -0.05) is 18.2 Å². The third kappa shape index (κ3) is 2.22. The molecule has 4 nitrogen and oxygen atoms in total. The number of benzene rings is 1. The Kier molecular flexibility index (Phi) is 3.30. The monoisotopic (exact) mass is 287 g/mol. The van der Waals surface area contributed by atoms with Crippen LogP contribution in [0.5, 0.6) is 0 Å². The summed E-state index contributed by atoms with van der Waals surface area (Å²) in [4.78, 5) is 13.6. The van der Waals surface area contributed by atoms with Gasteiger partial charge in [-0.25, -0.2) is 0 Å². The van der Waals surface area contributed by atoms with Crippen LogP contribution < -0.4 is 5.32 Å². The number of hydrogen-bond acceptors (Lipinski definition) is 3. The summed E-state index contributed by atoms with van der Waals surface area (Å²) in [6.07, 6.45) is 0.797. The number of nitrogens with one attached hydrogen (secondary N) is 1. The number of rotatable bonds is 2. The number of thioether (sulfide) groups is 1. The van der Waals surface area contributed by atoms with Crippen LogP contribution in [0.3, 0.4) is 0 Å². The molecule has 0 radical (unpaired) electrons. The van der Waals surface area contributed by atoms with Crippen molar-refractivity contribution in [2.24, 2.45) is 7.05 Å². The highest BCUT2D eigenvalue weighted by Crippen LogP contribution is 2.37. The molecule has 1 aromatic carbocycles. The lowest BCUT2D eigenvalue weighted by atomic mass is 10.1. The fourth-order valence-corrected chi connectivity index (χ4v) is 3.68. The van der Waals surface area contributed by atoms with E-state index in [4.69, 9.17) is 0 Å². The number of nitrogens with zero attached hydrogens (tertiary/aromatic N) is 2. The zero-order valence-corrected chi connectivity index (χ0v) is 12.6. The molecule has 2 aromatic rings. The first-order valence-electron chi connectivity index (χ1n) is 6.62. The second-order valence-corrected chi connectivity index (χ2v) is 6.32. The normalized spacial score (nSPS) is 17.1. The number of carbonyl (C=O) groups is 1. The largest absolute Gasteiger partial charge is 0.322 e. The van der Waals surface area contributed by atoms with E-state index in [9.17, 15) is 4.79 Å². The first kappa shape index (κ1) is 13.2. The second kappa shape index (κ2) is 4.98. The van der Waals surface area contributed by atoms with Gasteiger partial charge in [-0.05, 0) is 31.9 Å². The molecule has 5 heteroatoms. The Labute approximate surface area is 122 Å². The van der Waals surface area contributed by atoms with E-state index in [-0.39, 0.29) is 11.2 Å². The van der Waals surface area contributed by atoms with E-state index in [1.165, 1.54) is 10.5 Å². The minimum Gasteiger partial charge on any atom is -0.322 e. The van der Waals surface area contributed by atoms with Gasteiger partial charge in [0.25, 0.3) is 0 Å². The molecule has 0 spiro atoms. The standard InChI is InChI=1S/C15H17N3OS/c1-9-14(10(2)18(3)17-9)16-15(19)13-8-11-6-4-5-7-12(11)20-13/h4-7,13H,8H2,1-3H3,(H,16,19). The third-order valence-electron chi connectivity index (χ3n) is 3.70. The molecule has 0 fully saturated rings. The molecule has 0 saturated carbocycles. The van der Waals surface area contributed by atoms with Crippen LogP contribution in [-0.4, -0.2) is 20.9 Å². The predicted molar refractivity (Wildman–Crippen MR) is 81.1 cm³/mol. The molecule has 3 rings (SSSR count). The molecule has 0 aliphatic carbocycles. The summed E-state index contributed by atoms with van der Waals surface area (Å²) in [5.41, 5.74) is 3.95. The van der Waals surface area contributed by atoms with Crippen LogP contribution in [0.25, 0.3) is 0 Å². The van der Waals surface area contributed by atoms with Gasteiger partial charge in [-0.2, -0.15) is 5.10 Å². The van der Waals surface area contributed by atoms with Crippen molar-refractivity contribution in [3.05, 3.63) is 41.2 Å². The van der Waals surface area contributed by atoms with E-state index < -0.39 is 0 Å². The summed E-state index contributed by atoms with van der Waals surface area (Å²) >= 11 is 1.64. The fourth-order valence-electron chi connectivity index (χ4n) is 2.49. The van der Waals surface area contributed by atoms with Crippen LogP contribution in [0.15, 0.2) is 29.2 Å². The smallest absolute Gasteiger partial charge is 0.238 e. The van der Waals surface area contributed by atoms with Crippen LogP contribution in [0, 0.1) is 13.8 Å². The van der Waals surface area contributed by atoms with Crippen molar-refractivity contribution in [2.75, 3.05) is 5.32 Å². The van der Waals surface area contributed by atoms with E-state index in [0.29, 0.717) is 0 Å².